The van der Waals surface area contributed by atoms with Gasteiger partial charge in [0.05, 0.1) is 12.3 Å². The van der Waals surface area contributed by atoms with Crippen LogP contribution < -0.4 is 15.8 Å². The van der Waals surface area contributed by atoms with Crippen LogP contribution in [0.2, 0.25) is 0 Å². The molecule has 21 heavy (non-hydrogen) atoms. The van der Waals surface area contributed by atoms with Gasteiger partial charge < -0.3 is 15.8 Å². The van der Waals surface area contributed by atoms with Crippen molar-refractivity contribution in [3.63, 3.8) is 0 Å². The summed E-state index contributed by atoms with van der Waals surface area (Å²) in [6.45, 7) is 1.67. The average molecular weight is 287 g/mol. The molecule has 0 saturated heterocycles. The lowest BCUT2D eigenvalue weighted by molar-refractivity contribution is 0.290. The molecule has 0 amide bonds. The largest absolute Gasteiger partial charge is 0.476 e. The molecular weight excluding hydrogens is 262 g/mol. The van der Waals surface area contributed by atoms with E-state index in [9.17, 15) is 0 Å². The first kappa shape index (κ1) is 14.2. The van der Waals surface area contributed by atoms with Gasteiger partial charge in [-0.1, -0.05) is 11.6 Å². The zero-order chi connectivity index (χ0) is 14.5. The molecular formula is C17H25N3O. The van der Waals surface area contributed by atoms with Crippen molar-refractivity contribution in [3.05, 3.63) is 23.8 Å². The van der Waals surface area contributed by atoms with E-state index >= 15 is 0 Å². The van der Waals surface area contributed by atoms with Crippen LogP contribution in [-0.4, -0.2) is 18.1 Å². The molecule has 1 aromatic heterocycles. The van der Waals surface area contributed by atoms with Crippen LogP contribution in [0.15, 0.2) is 23.8 Å². The van der Waals surface area contributed by atoms with Crippen LogP contribution in [0.25, 0.3) is 0 Å². The summed E-state index contributed by atoms with van der Waals surface area (Å²) < 4.78 is 5.71. The minimum atomic E-state index is 0.573. The summed E-state index contributed by atoms with van der Waals surface area (Å²) >= 11 is 0. The monoisotopic (exact) mass is 287 g/mol. The normalized spacial score (nSPS) is 18.2. The summed E-state index contributed by atoms with van der Waals surface area (Å²) in [6.07, 6.45) is 11.2. The fourth-order valence-corrected chi connectivity index (χ4v) is 2.63. The van der Waals surface area contributed by atoms with Gasteiger partial charge >= 0.3 is 0 Å². The van der Waals surface area contributed by atoms with Gasteiger partial charge in [0.15, 0.2) is 0 Å². The molecule has 4 nitrogen and oxygen atoms in total. The Balaban J connectivity index is 1.49. The highest BCUT2D eigenvalue weighted by Gasteiger charge is 2.22. The molecule has 1 saturated carbocycles. The molecule has 4 heteroatoms. The lowest BCUT2D eigenvalue weighted by atomic mass is 9.97. The van der Waals surface area contributed by atoms with Crippen LogP contribution >= 0.6 is 0 Å². The molecule has 2 aliphatic carbocycles. The van der Waals surface area contributed by atoms with Crippen molar-refractivity contribution < 1.29 is 4.74 Å². The highest BCUT2D eigenvalue weighted by molar-refractivity contribution is 5.53. The van der Waals surface area contributed by atoms with Crippen molar-refractivity contribution in [2.45, 2.75) is 44.9 Å². The smallest absolute Gasteiger partial charge is 0.239 e. The zero-order valence-corrected chi connectivity index (χ0v) is 12.6. The molecule has 0 bridgehead atoms. The van der Waals surface area contributed by atoms with E-state index in [1.165, 1.54) is 38.5 Å². The predicted octanol–water partition coefficient (Wildman–Crippen LogP) is 3.76. The maximum atomic E-state index is 5.92. The maximum absolute atomic E-state index is 5.92. The van der Waals surface area contributed by atoms with Crippen molar-refractivity contribution in [2.75, 3.05) is 24.2 Å². The number of hydrogen-bond acceptors (Lipinski definition) is 4. The topological polar surface area (TPSA) is 60.2 Å². The number of nitrogens with two attached hydrogens (primary N) is 1. The highest BCUT2D eigenvalue weighted by atomic mass is 16.5. The van der Waals surface area contributed by atoms with E-state index in [1.54, 1.807) is 5.57 Å². The summed E-state index contributed by atoms with van der Waals surface area (Å²) in [5.74, 6) is 2.14. The second kappa shape index (κ2) is 6.83. The second-order valence-electron chi connectivity index (χ2n) is 6.13. The lowest BCUT2D eigenvalue weighted by Crippen LogP contribution is -2.08. The Labute approximate surface area is 126 Å². The number of nitrogens with one attached hydrogen (secondary N) is 1. The lowest BCUT2D eigenvalue weighted by Gasteiger charge is -2.14. The molecule has 0 aromatic carbocycles. The van der Waals surface area contributed by atoms with E-state index in [-0.39, 0.29) is 0 Å². The van der Waals surface area contributed by atoms with Crippen molar-refractivity contribution >= 4 is 11.5 Å². The third-order valence-corrected chi connectivity index (χ3v) is 4.18. The average Bonchev–Trinajstić information content (AvgIpc) is 3.33. The van der Waals surface area contributed by atoms with Crippen molar-refractivity contribution in [2.24, 2.45) is 5.92 Å². The van der Waals surface area contributed by atoms with Crippen LogP contribution in [0.1, 0.15) is 44.9 Å². The molecule has 114 valence electrons. The van der Waals surface area contributed by atoms with Crippen molar-refractivity contribution in [3.8, 4) is 5.88 Å². The van der Waals surface area contributed by atoms with Gasteiger partial charge in [0.2, 0.25) is 5.88 Å². The van der Waals surface area contributed by atoms with E-state index in [2.05, 4.69) is 16.4 Å². The Morgan fingerprint density at radius 1 is 1.29 bits per heavy atom. The number of nitrogens with zero attached hydrogens (tertiary/aromatic N) is 1. The fraction of sp³-hybridized carbons (Fsp3) is 0.588. The van der Waals surface area contributed by atoms with Crippen LogP contribution in [0, 0.1) is 5.92 Å². The molecule has 1 fully saturated rings. The number of allylic oxidation sites excluding steroid dienone is 1. The predicted molar refractivity (Wildman–Crippen MR) is 86.5 cm³/mol. The summed E-state index contributed by atoms with van der Waals surface area (Å²) in [7, 11) is 0. The number of aromatic nitrogens is 1. The first-order valence-corrected chi connectivity index (χ1v) is 8.12. The zero-order valence-electron chi connectivity index (χ0n) is 12.6. The molecule has 0 unspecified atom stereocenters. The van der Waals surface area contributed by atoms with Crippen molar-refractivity contribution in [1.82, 2.24) is 4.98 Å². The minimum absolute atomic E-state index is 0.573. The van der Waals surface area contributed by atoms with Gasteiger partial charge in [0.25, 0.3) is 0 Å². The molecule has 0 radical (unpaired) electrons. The van der Waals surface area contributed by atoms with Gasteiger partial charge in [-0.25, -0.2) is 0 Å². The number of anilines is 2. The highest BCUT2D eigenvalue weighted by Crippen LogP contribution is 2.30. The standard InChI is InChI=1S/C17H25N3O/c18-15-8-9-16(20-17(15)21-12-14-6-7-14)19-11-10-13-4-2-1-3-5-13/h4,8-9,14H,1-3,5-7,10-12,18H2,(H,19,20). The molecule has 1 heterocycles. The number of nitrogen functional groups attached to an aromatic ring is 1. The molecule has 2 aliphatic rings. The number of hydrogen-bond donors (Lipinski definition) is 2. The quantitative estimate of drug-likeness (QED) is 0.750. The van der Waals surface area contributed by atoms with E-state index in [4.69, 9.17) is 10.5 Å². The van der Waals surface area contributed by atoms with E-state index < -0.39 is 0 Å². The second-order valence-corrected chi connectivity index (χ2v) is 6.13. The molecule has 3 N–H and O–H groups in total. The van der Waals surface area contributed by atoms with Crippen LogP contribution in [-0.2, 0) is 0 Å². The summed E-state index contributed by atoms with van der Waals surface area (Å²) in [4.78, 5) is 4.48. The van der Waals surface area contributed by atoms with Crippen molar-refractivity contribution in [1.29, 1.82) is 0 Å². The molecule has 0 aliphatic heterocycles. The number of pyridine rings is 1. The SMILES string of the molecule is Nc1ccc(NCCC2=CCCCC2)nc1OCC1CC1. The fourth-order valence-electron chi connectivity index (χ4n) is 2.63. The molecule has 0 atom stereocenters. The van der Waals surface area contributed by atoms with Gasteiger partial charge in [0, 0.05) is 6.54 Å². The van der Waals surface area contributed by atoms with E-state index in [0.29, 0.717) is 17.5 Å². The Hall–Kier alpha value is -1.71. The summed E-state index contributed by atoms with van der Waals surface area (Å²) in [6, 6.07) is 3.80. The van der Waals surface area contributed by atoms with Gasteiger partial charge in [-0.15, -0.1) is 0 Å². The Kier molecular flexibility index (Phi) is 4.63. The van der Waals surface area contributed by atoms with E-state index in [0.717, 1.165) is 25.4 Å². The van der Waals surface area contributed by atoms with Crippen LogP contribution in [0.3, 0.4) is 0 Å². The number of ether oxygens (including phenoxy) is 1. The third-order valence-electron chi connectivity index (χ3n) is 4.18. The first-order valence-electron chi connectivity index (χ1n) is 8.12. The van der Waals surface area contributed by atoms with Crippen LogP contribution in [0.5, 0.6) is 5.88 Å². The molecule has 1 aromatic rings. The van der Waals surface area contributed by atoms with Gasteiger partial charge in [0.1, 0.15) is 5.82 Å². The van der Waals surface area contributed by atoms with Gasteiger partial charge in [-0.2, -0.15) is 4.98 Å². The third kappa shape index (κ3) is 4.38. The van der Waals surface area contributed by atoms with E-state index in [1.807, 2.05) is 12.1 Å². The summed E-state index contributed by atoms with van der Waals surface area (Å²) in [5, 5.41) is 3.38. The maximum Gasteiger partial charge on any atom is 0.239 e. The van der Waals surface area contributed by atoms with Gasteiger partial charge in [-0.3, -0.25) is 0 Å². The molecule has 0 spiro atoms. The first-order chi connectivity index (χ1) is 10.3. The van der Waals surface area contributed by atoms with Gasteiger partial charge in [-0.05, 0) is 63.0 Å². The Morgan fingerprint density at radius 3 is 2.95 bits per heavy atom. The number of rotatable bonds is 7. The minimum Gasteiger partial charge on any atom is -0.476 e. The Bertz CT molecular complexity index is 509. The summed E-state index contributed by atoms with van der Waals surface area (Å²) in [5.41, 5.74) is 8.12. The van der Waals surface area contributed by atoms with Crippen LogP contribution in [0.4, 0.5) is 11.5 Å². The Morgan fingerprint density at radius 2 is 2.19 bits per heavy atom. The molecule has 3 rings (SSSR count).